The number of carbonyl (C=O) groups excluding carboxylic acids is 1. The molecule has 6 nitrogen and oxygen atoms in total. The molecule has 1 aliphatic heterocycles. The third-order valence-corrected chi connectivity index (χ3v) is 6.56. The Kier molecular flexibility index (Phi) is 7.63. The summed E-state index contributed by atoms with van der Waals surface area (Å²) in [6.45, 7) is 7.55. The molecule has 1 amide bonds. The first-order valence-corrected chi connectivity index (χ1v) is 12.6. The number of carbonyl (C=O) groups is 1. The number of amides is 1. The number of aryl methyl sites for hydroxylation is 1. The number of nitrogens with zero attached hydrogens (tertiary/aromatic N) is 4. The number of aromatic nitrogens is 3. The van der Waals surface area contributed by atoms with Crippen LogP contribution < -0.4 is 5.32 Å². The van der Waals surface area contributed by atoms with Gasteiger partial charge in [0.25, 0.3) is 5.91 Å². The number of anilines is 1. The fraction of sp³-hybridized carbons (Fsp3) is 0.296. The van der Waals surface area contributed by atoms with Crippen molar-refractivity contribution in [1.29, 1.82) is 0 Å². The van der Waals surface area contributed by atoms with Gasteiger partial charge in [-0.15, -0.1) is 0 Å². The standard InChI is InChI=1S/C25H24BrN5O.C2H6/c1-17-7-5-6-10-20(17)22-15-23(31-24(29-22)21(26)16-27-31)28-19-11-13-30(14-12-19)25(32)18-8-3-2-4-9-18;1-2/h2-10,15-16,19,28H,11-14H2,1H3;1-2H3. The molecule has 0 aliphatic carbocycles. The fourth-order valence-corrected chi connectivity index (χ4v) is 4.58. The summed E-state index contributed by atoms with van der Waals surface area (Å²) in [6, 6.07) is 20.1. The number of hydrogen-bond donors (Lipinski definition) is 1. The van der Waals surface area contributed by atoms with Gasteiger partial charge in [-0.1, -0.05) is 56.3 Å². The van der Waals surface area contributed by atoms with E-state index in [0.29, 0.717) is 0 Å². The second-order valence-corrected chi connectivity index (χ2v) is 9.00. The quantitative estimate of drug-likeness (QED) is 0.348. The Morgan fingerprint density at radius 2 is 1.71 bits per heavy atom. The second-order valence-electron chi connectivity index (χ2n) is 8.15. The van der Waals surface area contributed by atoms with Gasteiger partial charge < -0.3 is 10.2 Å². The van der Waals surface area contributed by atoms with Gasteiger partial charge in [-0.05, 0) is 53.4 Å². The lowest BCUT2D eigenvalue weighted by Crippen LogP contribution is -2.42. The highest BCUT2D eigenvalue weighted by molar-refractivity contribution is 9.10. The van der Waals surface area contributed by atoms with Crippen molar-refractivity contribution < 1.29 is 4.79 Å². The van der Waals surface area contributed by atoms with E-state index >= 15 is 0 Å². The Balaban J connectivity index is 0.00000133. The highest BCUT2D eigenvalue weighted by atomic mass is 79.9. The lowest BCUT2D eigenvalue weighted by Gasteiger charge is -2.33. The number of hydrogen-bond acceptors (Lipinski definition) is 4. The van der Waals surface area contributed by atoms with E-state index in [2.05, 4.69) is 51.5 Å². The maximum absolute atomic E-state index is 12.8. The summed E-state index contributed by atoms with van der Waals surface area (Å²) in [5.41, 5.74) is 4.73. The molecule has 7 heteroatoms. The van der Waals surface area contributed by atoms with Crippen molar-refractivity contribution in [1.82, 2.24) is 19.5 Å². The zero-order chi connectivity index (χ0) is 24.1. The van der Waals surface area contributed by atoms with E-state index in [1.807, 2.05) is 65.7 Å². The van der Waals surface area contributed by atoms with E-state index in [4.69, 9.17) is 4.98 Å². The van der Waals surface area contributed by atoms with Crippen molar-refractivity contribution in [2.45, 2.75) is 39.7 Å². The molecule has 0 radical (unpaired) electrons. The van der Waals surface area contributed by atoms with Crippen LogP contribution in [-0.2, 0) is 0 Å². The van der Waals surface area contributed by atoms with Crippen LogP contribution >= 0.6 is 15.9 Å². The predicted octanol–water partition coefficient (Wildman–Crippen LogP) is 6.21. The molecule has 1 aliphatic rings. The summed E-state index contributed by atoms with van der Waals surface area (Å²) in [6.07, 6.45) is 3.53. The van der Waals surface area contributed by atoms with E-state index < -0.39 is 0 Å². The number of benzene rings is 2. The molecule has 2 aromatic carbocycles. The van der Waals surface area contributed by atoms with E-state index in [1.165, 1.54) is 5.56 Å². The smallest absolute Gasteiger partial charge is 0.253 e. The maximum Gasteiger partial charge on any atom is 0.253 e. The van der Waals surface area contributed by atoms with Crippen LogP contribution in [0.2, 0.25) is 0 Å². The molecule has 2 aromatic heterocycles. The normalized spacial score (nSPS) is 13.9. The summed E-state index contributed by atoms with van der Waals surface area (Å²) >= 11 is 3.58. The Labute approximate surface area is 209 Å². The Bertz CT molecular complexity index is 1260. The zero-order valence-corrected chi connectivity index (χ0v) is 21.4. The van der Waals surface area contributed by atoms with Crippen LogP contribution in [0.5, 0.6) is 0 Å². The second kappa shape index (κ2) is 10.8. The van der Waals surface area contributed by atoms with Crippen LogP contribution in [0, 0.1) is 6.92 Å². The summed E-state index contributed by atoms with van der Waals surface area (Å²) in [7, 11) is 0. The van der Waals surface area contributed by atoms with Gasteiger partial charge >= 0.3 is 0 Å². The fourth-order valence-electron chi connectivity index (χ4n) is 4.24. The van der Waals surface area contributed by atoms with Crippen LogP contribution in [0.4, 0.5) is 5.82 Å². The lowest BCUT2D eigenvalue weighted by atomic mass is 10.0. The third kappa shape index (κ3) is 4.99. The van der Waals surface area contributed by atoms with E-state index in [1.54, 1.807) is 6.20 Å². The summed E-state index contributed by atoms with van der Waals surface area (Å²) in [4.78, 5) is 19.5. The number of likely N-dealkylation sites (tertiary alicyclic amines) is 1. The molecule has 1 saturated heterocycles. The molecule has 1 fully saturated rings. The van der Waals surface area contributed by atoms with E-state index in [9.17, 15) is 4.79 Å². The van der Waals surface area contributed by atoms with E-state index in [-0.39, 0.29) is 11.9 Å². The van der Waals surface area contributed by atoms with Gasteiger partial charge in [0, 0.05) is 36.3 Å². The molecule has 4 aromatic rings. The van der Waals surface area contributed by atoms with Crippen molar-refractivity contribution in [3.05, 3.63) is 82.5 Å². The molecule has 0 atom stereocenters. The molecule has 0 unspecified atom stereocenters. The minimum absolute atomic E-state index is 0.105. The summed E-state index contributed by atoms with van der Waals surface area (Å²) in [5.74, 6) is 1.01. The number of rotatable bonds is 4. The maximum atomic E-state index is 12.8. The molecule has 34 heavy (non-hydrogen) atoms. The van der Waals surface area contributed by atoms with Crippen molar-refractivity contribution in [2.24, 2.45) is 0 Å². The first kappa shape index (κ1) is 24.0. The monoisotopic (exact) mass is 519 g/mol. The minimum atomic E-state index is 0.105. The highest BCUT2D eigenvalue weighted by Gasteiger charge is 2.24. The largest absolute Gasteiger partial charge is 0.367 e. The van der Waals surface area contributed by atoms with Gasteiger partial charge in [0.15, 0.2) is 5.65 Å². The van der Waals surface area contributed by atoms with Gasteiger partial charge in [0.1, 0.15) is 5.82 Å². The number of nitrogens with one attached hydrogen (secondary N) is 1. The topological polar surface area (TPSA) is 62.5 Å². The Hall–Kier alpha value is -3.19. The zero-order valence-electron chi connectivity index (χ0n) is 19.8. The van der Waals surface area contributed by atoms with Gasteiger partial charge in [-0.3, -0.25) is 4.79 Å². The molecule has 1 N–H and O–H groups in total. The number of halogens is 1. The van der Waals surface area contributed by atoms with Crippen LogP contribution in [0.1, 0.15) is 42.6 Å². The van der Waals surface area contributed by atoms with E-state index in [0.717, 1.165) is 58.7 Å². The molecular formula is C27H30BrN5O. The predicted molar refractivity (Wildman–Crippen MR) is 141 cm³/mol. The van der Waals surface area contributed by atoms with Crippen molar-refractivity contribution in [2.75, 3.05) is 18.4 Å². The molecular weight excluding hydrogens is 490 g/mol. The molecule has 176 valence electrons. The van der Waals surface area contributed by atoms with Crippen LogP contribution in [0.15, 0.2) is 71.3 Å². The van der Waals surface area contributed by atoms with Gasteiger partial charge in [0.05, 0.1) is 16.4 Å². The molecule has 0 spiro atoms. The first-order valence-electron chi connectivity index (χ1n) is 11.8. The minimum Gasteiger partial charge on any atom is -0.367 e. The molecule has 3 heterocycles. The molecule has 0 saturated carbocycles. The summed E-state index contributed by atoms with van der Waals surface area (Å²) in [5, 5.41) is 8.17. The lowest BCUT2D eigenvalue weighted by molar-refractivity contribution is 0.0718. The number of piperidine rings is 1. The Morgan fingerprint density at radius 1 is 1.03 bits per heavy atom. The molecule has 0 bridgehead atoms. The Morgan fingerprint density at radius 3 is 2.41 bits per heavy atom. The molecule has 5 rings (SSSR count). The van der Waals surface area contributed by atoms with Gasteiger partial charge in [-0.25, -0.2) is 4.98 Å². The first-order chi connectivity index (χ1) is 16.6. The van der Waals surface area contributed by atoms with Crippen molar-refractivity contribution in [3.8, 4) is 11.3 Å². The average Bonchev–Trinajstić information content (AvgIpc) is 3.27. The number of fused-ring (bicyclic) bond motifs is 1. The summed E-state index contributed by atoms with van der Waals surface area (Å²) < 4.78 is 2.70. The van der Waals surface area contributed by atoms with Gasteiger partial charge in [0.2, 0.25) is 0 Å². The third-order valence-electron chi connectivity index (χ3n) is 6.00. The van der Waals surface area contributed by atoms with Crippen LogP contribution in [0.25, 0.3) is 16.9 Å². The van der Waals surface area contributed by atoms with Gasteiger partial charge in [-0.2, -0.15) is 9.61 Å². The van der Waals surface area contributed by atoms with Crippen LogP contribution in [-0.4, -0.2) is 44.5 Å². The van der Waals surface area contributed by atoms with Crippen molar-refractivity contribution in [3.63, 3.8) is 0 Å². The average molecular weight is 520 g/mol. The highest BCUT2D eigenvalue weighted by Crippen LogP contribution is 2.29. The van der Waals surface area contributed by atoms with Crippen LogP contribution in [0.3, 0.4) is 0 Å². The SMILES string of the molecule is CC.Cc1ccccc1-c1cc(NC2CCN(C(=O)c3ccccc3)CC2)n2ncc(Br)c2n1. The van der Waals surface area contributed by atoms with Crippen molar-refractivity contribution >= 4 is 33.3 Å².